The van der Waals surface area contributed by atoms with E-state index >= 15 is 0 Å². The number of fused-ring (bicyclic) bond motifs is 1. The van der Waals surface area contributed by atoms with Crippen LogP contribution in [0.15, 0.2) is 4.60 Å². The molecule has 0 atom stereocenters. The van der Waals surface area contributed by atoms with Crippen LogP contribution in [0.4, 0.5) is 0 Å². The molecule has 0 amide bonds. The fourth-order valence-electron chi connectivity index (χ4n) is 1.95. The fourth-order valence-corrected chi connectivity index (χ4v) is 2.53. The van der Waals surface area contributed by atoms with E-state index in [0.29, 0.717) is 0 Å². The number of aromatic nitrogens is 2. The lowest BCUT2D eigenvalue weighted by molar-refractivity contribution is 0.343. The van der Waals surface area contributed by atoms with Crippen molar-refractivity contribution in [1.82, 2.24) is 9.78 Å². The molecule has 0 bridgehead atoms. The Bertz CT molecular complexity index is 333. The highest BCUT2D eigenvalue weighted by molar-refractivity contribution is 9.10. The van der Waals surface area contributed by atoms with Crippen LogP contribution in [0.1, 0.15) is 38.4 Å². The van der Waals surface area contributed by atoms with E-state index < -0.39 is 0 Å². The van der Waals surface area contributed by atoms with Crippen LogP contribution in [0.2, 0.25) is 0 Å². The van der Waals surface area contributed by atoms with Crippen molar-refractivity contribution in [2.24, 2.45) is 0 Å². The van der Waals surface area contributed by atoms with Crippen molar-refractivity contribution in [1.29, 1.82) is 0 Å². The smallest absolute Gasteiger partial charge is 0.131 e. The molecule has 0 unspecified atom stereocenters. The van der Waals surface area contributed by atoms with Crippen LogP contribution >= 0.6 is 15.9 Å². The minimum Gasteiger partial charge on any atom is -0.263 e. The zero-order valence-electron chi connectivity index (χ0n) is 8.39. The number of rotatable bonds is 0. The van der Waals surface area contributed by atoms with Gasteiger partial charge >= 0.3 is 0 Å². The lowest BCUT2D eigenvalue weighted by Crippen LogP contribution is -2.25. The van der Waals surface area contributed by atoms with Gasteiger partial charge in [0.15, 0.2) is 0 Å². The van der Waals surface area contributed by atoms with E-state index in [4.69, 9.17) is 0 Å². The van der Waals surface area contributed by atoms with Gasteiger partial charge < -0.3 is 0 Å². The molecule has 1 heterocycles. The van der Waals surface area contributed by atoms with Crippen molar-refractivity contribution in [2.75, 3.05) is 0 Å². The van der Waals surface area contributed by atoms with Crippen LogP contribution in [0.25, 0.3) is 0 Å². The molecule has 0 aliphatic heterocycles. The first-order valence-electron chi connectivity index (χ1n) is 4.77. The van der Waals surface area contributed by atoms with Gasteiger partial charge in [-0.3, -0.25) is 4.68 Å². The number of hydrogen-bond acceptors (Lipinski definition) is 1. The van der Waals surface area contributed by atoms with Crippen molar-refractivity contribution in [3.05, 3.63) is 15.9 Å². The zero-order chi connectivity index (χ0) is 9.64. The maximum atomic E-state index is 4.54. The molecule has 1 aromatic heterocycles. The van der Waals surface area contributed by atoms with Crippen molar-refractivity contribution >= 4 is 15.9 Å². The van der Waals surface area contributed by atoms with Gasteiger partial charge in [0.05, 0.1) is 5.54 Å². The van der Waals surface area contributed by atoms with E-state index in [2.05, 4.69) is 46.5 Å². The van der Waals surface area contributed by atoms with Gasteiger partial charge in [0.25, 0.3) is 0 Å². The van der Waals surface area contributed by atoms with Gasteiger partial charge in [-0.15, -0.1) is 0 Å². The molecule has 0 spiro atoms. The summed E-state index contributed by atoms with van der Waals surface area (Å²) >= 11 is 3.53. The zero-order valence-corrected chi connectivity index (χ0v) is 9.98. The van der Waals surface area contributed by atoms with Crippen LogP contribution in [0, 0.1) is 0 Å². The first-order chi connectivity index (χ1) is 6.00. The minimum atomic E-state index is 0.112. The summed E-state index contributed by atoms with van der Waals surface area (Å²) in [5.74, 6) is 0. The maximum Gasteiger partial charge on any atom is 0.131 e. The average molecular weight is 243 g/mol. The van der Waals surface area contributed by atoms with E-state index in [1.807, 2.05) is 0 Å². The van der Waals surface area contributed by atoms with Gasteiger partial charge in [0.2, 0.25) is 0 Å². The third-order valence-electron chi connectivity index (χ3n) is 2.52. The average Bonchev–Trinajstić information content (AvgIpc) is 2.51. The van der Waals surface area contributed by atoms with Crippen molar-refractivity contribution in [3.8, 4) is 0 Å². The molecule has 0 aromatic carbocycles. The quantitative estimate of drug-likeness (QED) is 0.685. The Balaban J connectivity index is 2.55. The Morgan fingerprint density at radius 1 is 1.31 bits per heavy atom. The van der Waals surface area contributed by atoms with Gasteiger partial charge in [-0.1, -0.05) is 0 Å². The summed E-state index contributed by atoms with van der Waals surface area (Å²) in [6.45, 7) is 6.60. The van der Waals surface area contributed by atoms with Gasteiger partial charge in [-0.05, 0) is 56.0 Å². The summed E-state index contributed by atoms with van der Waals surface area (Å²) in [7, 11) is 0. The molecule has 0 fully saturated rings. The SMILES string of the molecule is CC(C)(C)n1nc(Br)c2c1CCC2. The molecule has 2 nitrogen and oxygen atoms in total. The highest BCUT2D eigenvalue weighted by Crippen LogP contribution is 2.31. The van der Waals surface area contributed by atoms with Gasteiger partial charge in [0.1, 0.15) is 4.60 Å². The van der Waals surface area contributed by atoms with Crippen LogP contribution in [-0.4, -0.2) is 9.78 Å². The van der Waals surface area contributed by atoms with Crippen molar-refractivity contribution in [2.45, 2.75) is 45.6 Å². The van der Waals surface area contributed by atoms with Crippen molar-refractivity contribution in [3.63, 3.8) is 0 Å². The molecular formula is C10H15BrN2. The third-order valence-corrected chi connectivity index (χ3v) is 3.15. The normalized spacial score (nSPS) is 16.3. The molecule has 2 rings (SSSR count). The predicted octanol–water partition coefficient (Wildman–Crippen LogP) is 2.89. The molecule has 1 aromatic rings. The van der Waals surface area contributed by atoms with E-state index in [-0.39, 0.29) is 5.54 Å². The summed E-state index contributed by atoms with van der Waals surface area (Å²) in [5.41, 5.74) is 2.97. The van der Waals surface area contributed by atoms with Gasteiger partial charge in [-0.2, -0.15) is 5.10 Å². The van der Waals surface area contributed by atoms with E-state index in [1.54, 1.807) is 0 Å². The van der Waals surface area contributed by atoms with Gasteiger partial charge in [-0.25, -0.2) is 0 Å². The van der Waals surface area contributed by atoms with Crippen LogP contribution in [0.5, 0.6) is 0 Å². The second-order valence-corrected chi connectivity index (χ2v) is 5.40. The third kappa shape index (κ3) is 1.43. The molecule has 1 aliphatic carbocycles. The first kappa shape index (κ1) is 9.25. The lowest BCUT2D eigenvalue weighted by Gasteiger charge is -2.21. The molecule has 3 heteroatoms. The first-order valence-corrected chi connectivity index (χ1v) is 5.56. The summed E-state index contributed by atoms with van der Waals surface area (Å²) in [6.07, 6.45) is 3.65. The highest BCUT2D eigenvalue weighted by Gasteiger charge is 2.26. The maximum absolute atomic E-state index is 4.54. The number of nitrogens with zero attached hydrogens (tertiary/aromatic N) is 2. The number of hydrogen-bond donors (Lipinski definition) is 0. The second kappa shape index (κ2) is 2.84. The van der Waals surface area contributed by atoms with E-state index in [9.17, 15) is 0 Å². The molecule has 0 radical (unpaired) electrons. The molecule has 0 saturated carbocycles. The van der Waals surface area contributed by atoms with Crippen LogP contribution < -0.4 is 0 Å². The molecule has 13 heavy (non-hydrogen) atoms. The fraction of sp³-hybridized carbons (Fsp3) is 0.700. The monoisotopic (exact) mass is 242 g/mol. The largest absolute Gasteiger partial charge is 0.263 e. The Labute approximate surface area is 87.5 Å². The molecule has 0 saturated heterocycles. The Hall–Kier alpha value is -0.310. The summed E-state index contributed by atoms with van der Waals surface area (Å²) in [6, 6.07) is 0. The second-order valence-electron chi connectivity index (χ2n) is 4.65. The number of halogens is 1. The van der Waals surface area contributed by atoms with Crippen molar-refractivity contribution < 1.29 is 0 Å². The molecule has 1 aliphatic rings. The van der Waals surface area contributed by atoms with E-state index in [0.717, 1.165) is 4.60 Å². The Morgan fingerprint density at radius 2 is 2.00 bits per heavy atom. The summed E-state index contributed by atoms with van der Waals surface area (Å²) < 4.78 is 3.22. The standard InChI is InChI=1S/C10H15BrN2/c1-10(2,3)13-8-6-4-5-7(8)9(11)12-13/h4-6H2,1-3H3. The van der Waals surface area contributed by atoms with Crippen LogP contribution in [-0.2, 0) is 18.4 Å². The van der Waals surface area contributed by atoms with Crippen LogP contribution in [0.3, 0.4) is 0 Å². The van der Waals surface area contributed by atoms with Gasteiger partial charge in [0, 0.05) is 11.3 Å². The molecule has 0 N–H and O–H groups in total. The topological polar surface area (TPSA) is 17.8 Å². The minimum absolute atomic E-state index is 0.112. The Kier molecular flexibility index (Phi) is 2.02. The highest BCUT2D eigenvalue weighted by atomic mass is 79.9. The molecular weight excluding hydrogens is 228 g/mol. The lowest BCUT2D eigenvalue weighted by atomic mass is 10.1. The summed E-state index contributed by atoms with van der Waals surface area (Å²) in [5, 5.41) is 4.54. The summed E-state index contributed by atoms with van der Waals surface area (Å²) in [4.78, 5) is 0. The predicted molar refractivity (Wildman–Crippen MR) is 56.9 cm³/mol. The molecule has 72 valence electrons. The Morgan fingerprint density at radius 3 is 2.62 bits per heavy atom. The van der Waals surface area contributed by atoms with E-state index in [1.165, 1.54) is 30.5 Å².